The van der Waals surface area contributed by atoms with Crippen molar-refractivity contribution >= 4 is 18.0 Å². The third-order valence-corrected chi connectivity index (χ3v) is 1.24. The first kappa shape index (κ1) is 12.4. The number of hydrogen-bond acceptors (Lipinski definition) is 5. The number of amides is 2. The number of rotatable bonds is 4. The molecule has 1 atom stereocenters. The van der Waals surface area contributed by atoms with E-state index in [0.717, 1.165) is 7.11 Å². The molecule has 0 aromatic rings. The average Bonchev–Trinajstić information content (AvgIpc) is 2.13. The summed E-state index contributed by atoms with van der Waals surface area (Å²) < 4.78 is 8.72. The van der Waals surface area contributed by atoms with Gasteiger partial charge in [-0.2, -0.15) is 0 Å². The van der Waals surface area contributed by atoms with Gasteiger partial charge in [0.1, 0.15) is 6.61 Å². The maximum absolute atomic E-state index is 10.8. The van der Waals surface area contributed by atoms with Crippen LogP contribution in [0.15, 0.2) is 0 Å². The second-order valence-electron chi connectivity index (χ2n) is 2.33. The number of hydrogen-bond donors (Lipinski definition) is 2. The Morgan fingerprint density at radius 2 is 2.00 bits per heavy atom. The fourth-order valence-electron chi connectivity index (χ4n) is 0.473. The first-order valence-corrected chi connectivity index (χ1v) is 3.69. The summed E-state index contributed by atoms with van der Waals surface area (Å²) in [7, 11) is 1.10. The number of carbonyl (C=O) groups is 3. The number of alkyl carbamates (subject to hydrolysis) is 1. The van der Waals surface area contributed by atoms with Crippen molar-refractivity contribution < 1.29 is 29.0 Å². The molecule has 0 saturated carbocycles. The second kappa shape index (κ2) is 5.92. The van der Waals surface area contributed by atoms with Crippen molar-refractivity contribution in [3.05, 3.63) is 0 Å². The molecule has 0 aliphatic heterocycles. The SMILES string of the molecule is COC(=O)NC(=O)COC(C)C(=O)O. The summed E-state index contributed by atoms with van der Waals surface area (Å²) in [5, 5.41) is 10.2. The molecule has 2 amide bonds. The molecule has 0 aromatic heterocycles. The molecule has 14 heavy (non-hydrogen) atoms. The van der Waals surface area contributed by atoms with Gasteiger partial charge in [-0.15, -0.1) is 0 Å². The predicted octanol–water partition coefficient (Wildman–Crippen LogP) is -0.641. The van der Waals surface area contributed by atoms with Crippen molar-refractivity contribution in [2.45, 2.75) is 13.0 Å². The highest BCUT2D eigenvalue weighted by molar-refractivity contribution is 5.92. The summed E-state index contributed by atoms with van der Waals surface area (Å²) in [5.74, 6) is -1.94. The molecule has 0 aliphatic carbocycles. The molecule has 0 heterocycles. The molecule has 0 bridgehead atoms. The van der Waals surface area contributed by atoms with Gasteiger partial charge in [-0.25, -0.2) is 9.59 Å². The van der Waals surface area contributed by atoms with Gasteiger partial charge in [0.2, 0.25) is 0 Å². The molecule has 0 fully saturated rings. The van der Waals surface area contributed by atoms with Gasteiger partial charge < -0.3 is 14.6 Å². The maximum Gasteiger partial charge on any atom is 0.413 e. The highest BCUT2D eigenvalue weighted by Gasteiger charge is 2.14. The largest absolute Gasteiger partial charge is 0.479 e. The Kier molecular flexibility index (Phi) is 5.23. The first-order valence-electron chi connectivity index (χ1n) is 3.69. The van der Waals surface area contributed by atoms with Gasteiger partial charge in [0.25, 0.3) is 5.91 Å². The summed E-state index contributed by atoms with van der Waals surface area (Å²) in [6.45, 7) is 0.760. The van der Waals surface area contributed by atoms with E-state index < -0.39 is 30.7 Å². The van der Waals surface area contributed by atoms with E-state index in [1.54, 1.807) is 5.32 Å². The predicted molar refractivity (Wildman–Crippen MR) is 43.6 cm³/mol. The zero-order valence-corrected chi connectivity index (χ0v) is 7.77. The molecule has 7 nitrogen and oxygen atoms in total. The number of imide groups is 1. The molecule has 0 aromatic carbocycles. The van der Waals surface area contributed by atoms with Crippen molar-refractivity contribution in [2.75, 3.05) is 13.7 Å². The third kappa shape index (κ3) is 5.09. The van der Waals surface area contributed by atoms with Crippen LogP contribution in [0.1, 0.15) is 6.92 Å². The first-order chi connectivity index (χ1) is 6.47. The number of methoxy groups -OCH3 is 1. The zero-order valence-electron chi connectivity index (χ0n) is 7.77. The summed E-state index contributed by atoms with van der Waals surface area (Å²) in [4.78, 5) is 31.5. The molecule has 1 unspecified atom stereocenters. The van der Waals surface area contributed by atoms with E-state index in [0.29, 0.717) is 0 Å². The van der Waals surface area contributed by atoms with Crippen molar-refractivity contribution in [1.29, 1.82) is 0 Å². The number of ether oxygens (including phenoxy) is 2. The number of carboxylic acids is 1. The van der Waals surface area contributed by atoms with E-state index in [-0.39, 0.29) is 0 Å². The van der Waals surface area contributed by atoms with Crippen LogP contribution in [0.5, 0.6) is 0 Å². The Hall–Kier alpha value is -1.63. The van der Waals surface area contributed by atoms with Crippen LogP contribution >= 0.6 is 0 Å². The van der Waals surface area contributed by atoms with Gasteiger partial charge in [0.05, 0.1) is 7.11 Å². The summed E-state index contributed by atoms with van der Waals surface area (Å²) in [6, 6.07) is 0. The second-order valence-corrected chi connectivity index (χ2v) is 2.33. The van der Waals surface area contributed by atoms with Crippen LogP contribution in [0.4, 0.5) is 4.79 Å². The van der Waals surface area contributed by atoms with Crippen LogP contribution < -0.4 is 5.32 Å². The Morgan fingerprint density at radius 1 is 1.43 bits per heavy atom. The van der Waals surface area contributed by atoms with Crippen molar-refractivity contribution in [3.8, 4) is 0 Å². The standard InChI is InChI=1S/C7H11NO6/c1-4(6(10)11)14-3-5(9)8-7(12)13-2/h4H,3H2,1-2H3,(H,10,11)(H,8,9,12). The summed E-state index contributed by atoms with van der Waals surface area (Å²) in [5.41, 5.74) is 0. The molecule has 0 saturated heterocycles. The number of carboxylic acid groups (broad SMARTS) is 1. The lowest BCUT2D eigenvalue weighted by Gasteiger charge is -2.07. The third-order valence-electron chi connectivity index (χ3n) is 1.24. The Labute approximate surface area is 80.0 Å². The van der Waals surface area contributed by atoms with Gasteiger partial charge in [-0.3, -0.25) is 10.1 Å². The molecular weight excluding hydrogens is 194 g/mol. The molecule has 80 valence electrons. The molecule has 2 N–H and O–H groups in total. The average molecular weight is 205 g/mol. The highest BCUT2D eigenvalue weighted by Crippen LogP contribution is 1.89. The summed E-state index contributed by atoms with van der Waals surface area (Å²) in [6.07, 6.45) is -2.01. The van der Waals surface area contributed by atoms with E-state index in [1.807, 2.05) is 0 Å². The van der Waals surface area contributed by atoms with Gasteiger partial charge >= 0.3 is 12.1 Å². The van der Waals surface area contributed by atoms with Crippen LogP contribution in [-0.2, 0) is 19.1 Å². The van der Waals surface area contributed by atoms with Gasteiger partial charge in [0, 0.05) is 0 Å². The van der Waals surface area contributed by atoms with Crippen molar-refractivity contribution in [2.24, 2.45) is 0 Å². The lowest BCUT2D eigenvalue weighted by molar-refractivity contribution is -0.150. The summed E-state index contributed by atoms with van der Waals surface area (Å²) >= 11 is 0. The molecule has 0 rings (SSSR count). The van der Waals surface area contributed by atoms with Crippen molar-refractivity contribution in [1.82, 2.24) is 5.32 Å². The maximum atomic E-state index is 10.8. The normalized spacial score (nSPS) is 11.6. The minimum atomic E-state index is -1.18. The molecule has 0 spiro atoms. The molecule has 7 heteroatoms. The van der Waals surface area contributed by atoms with Crippen LogP contribution in [-0.4, -0.2) is 42.9 Å². The Balaban J connectivity index is 3.74. The number of aliphatic carboxylic acids is 1. The molecule has 0 aliphatic rings. The minimum absolute atomic E-state index is 0.511. The molecular formula is C7H11NO6. The molecule has 0 radical (unpaired) electrons. The van der Waals surface area contributed by atoms with E-state index >= 15 is 0 Å². The van der Waals surface area contributed by atoms with E-state index in [2.05, 4.69) is 9.47 Å². The topological polar surface area (TPSA) is 102 Å². The highest BCUT2D eigenvalue weighted by atomic mass is 16.5. The Morgan fingerprint density at radius 3 is 2.43 bits per heavy atom. The van der Waals surface area contributed by atoms with Gasteiger partial charge in [0.15, 0.2) is 6.10 Å². The van der Waals surface area contributed by atoms with Crippen LogP contribution in [0, 0.1) is 0 Å². The van der Waals surface area contributed by atoms with E-state index in [1.165, 1.54) is 6.92 Å². The van der Waals surface area contributed by atoms with Gasteiger partial charge in [-0.1, -0.05) is 0 Å². The van der Waals surface area contributed by atoms with Crippen LogP contribution in [0.3, 0.4) is 0 Å². The fraction of sp³-hybridized carbons (Fsp3) is 0.571. The number of nitrogens with one attached hydrogen (secondary N) is 1. The van der Waals surface area contributed by atoms with Crippen molar-refractivity contribution in [3.63, 3.8) is 0 Å². The van der Waals surface area contributed by atoms with Gasteiger partial charge in [-0.05, 0) is 6.92 Å². The van der Waals surface area contributed by atoms with E-state index in [9.17, 15) is 14.4 Å². The quantitative estimate of drug-likeness (QED) is 0.632. The minimum Gasteiger partial charge on any atom is -0.479 e. The lowest BCUT2D eigenvalue weighted by atomic mass is 10.4. The zero-order chi connectivity index (χ0) is 11.1. The fourth-order valence-corrected chi connectivity index (χ4v) is 0.473. The number of carbonyl (C=O) groups excluding carboxylic acids is 2. The van der Waals surface area contributed by atoms with Crippen LogP contribution in [0.25, 0.3) is 0 Å². The lowest BCUT2D eigenvalue weighted by Crippen LogP contribution is -2.35. The van der Waals surface area contributed by atoms with E-state index in [4.69, 9.17) is 5.11 Å². The Bertz CT molecular complexity index is 238. The smallest absolute Gasteiger partial charge is 0.413 e. The van der Waals surface area contributed by atoms with Crippen LogP contribution in [0.2, 0.25) is 0 Å². The monoisotopic (exact) mass is 205 g/mol.